The number of piperazine rings is 1. The van der Waals surface area contributed by atoms with E-state index < -0.39 is 5.97 Å². The highest BCUT2D eigenvalue weighted by Crippen LogP contribution is 2.38. The van der Waals surface area contributed by atoms with E-state index in [1.54, 1.807) is 18.5 Å². The van der Waals surface area contributed by atoms with E-state index in [0.717, 1.165) is 48.4 Å². The van der Waals surface area contributed by atoms with Gasteiger partial charge in [-0.1, -0.05) is 23.8 Å². The fraction of sp³-hybridized carbons (Fsp3) is 0.333. The van der Waals surface area contributed by atoms with Gasteiger partial charge in [-0.05, 0) is 31.0 Å². The van der Waals surface area contributed by atoms with Crippen LogP contribution in [0, 0.1) is 13.8 Å². The lowest BCUT2D eigenvalue weighted by atomic mass is 9.97. The Bertz CT molecular complexity index is 1140. The number of nitrogens with zero attached hydrogens (tertiary/aromatic N) is 4. The molecule has 0 aliphatic carbocycles. The first-order valence-electron chi connectivity index (χ1n) is 10.8. The summed E-state index contributed by atoms with van der Waals surface area (Å²) in [6, 6.07) is 7.91. The maximum absolute atomic E-state index is 12.8. The number of thiophene rings is 1. The number of anilines is 2. The van der Waals surface area contributed by atoms with Crippen LogP contribution >= 0.6 is 11.3 Å². The van der Waals surface area contributed by atoms with E-state index >= 15 is 0 Å². The van der Waals surface area contributed by atoms with Crippen LogP contribution in [0.4, 0.5) is 10.9 Å². The molecule has 1 aliphatic rings. The average molecular weight is 466 g/mol. The molecule has 0 unspecified atom stereocenters. The normalized spacial score (nSPS) is 14.2. The molecule has 1 amide bonds. The van der Waals surface area contributed by atoms with Crippen molar-refractivity contribution in [3.8, 4) is 11.1 Å². The number of rotatable bonds is 6. The van der Waals surface area contributed by atoms with Gasteiger partial charge in [0.05, 0.1) is 13.7 Å². The molecule has 1 fully saturated rings. The molecule has 0 bridgehead atoms. The number of amides is 1. The summed E-state index contributed by atoms with van der Waals surface area (Å²) in [6.07, 6.45) is 3.46. The van der Waals surface area contributed by atoms with E-state index in [1.165, 1.54) is 18.4 Å². The summed E-state index contributed by atoms with van der Waals surface area (Å²) in [5, 5.41) is 5.36. The molecule has 1 N–H and O–H groups in total. The monoisotopic (exact) mass is 465 g/mol. The third-order valence-corrected chi connectivity index (χ3v) is 6.59. The van der Waals surface area contributed by atoms with Crippen LogP contribution in [0.15, 0.2) is 42.0 Å². The van der Waals surface area contributed by atoms with Crippen molar-refractivity contribution < 1.29 is 14.3 Å². The fourth-order valence-corrected chi connectivity index (χ4v) is 4.87. The van der Waals surface area contributed by atoms with E-state index in [2.05, 4.69) is 25.1 Å². The number of esters is 1. The number of aryl methyl sites for hydroxylation is 2. The van der Waals surface area contributed by atoms with E-state index in [9.17, 15) is 9.59 Å². The van der Waals surface area contributed by atoms with Crippen molar-refractivity contribution in [2.24, 2.45) is 0 Å². The first-order chi connectivity index (χ1) is 16.0. The molecule has 0 spiro atoms. The standard InChI is InChI=1S/C24H27N5O3S/c1-16-5-6-17(2)18(13-16)19-15-33-22(21(19)23(31)32-3)27-20(30)14-28-9-11-29(12-10-28)24-25-7-4-8-26-24/h4-8,13,15H,9-12,14H2,1-3H3,(H,27,30). The zero-order chi connectivity index (χ0) is 23.4. The zero-order valence-corrected chi connectivity index (χ0v) is 19.8. The summed E-state index contributed by atoms with van der Waals surface area (Å²) in [7, 11) is 1.36. The van der Waals surface area contributed by atoms with Gasteiger partial charge in [0.15, 0.2) is 0 Å². The summed E-state index contributed by atoms with van der Waals surface area (Å²) in [5.74, 6) is 0.0970. The molecular weight excluding hydrogens is 438 g/mol. The van der Waals surface area contributed by atoms with Gasteiger partial charge in [-0.2, -0.15) is 0 Å². The predicted molar refractivity (Wildman–Crippen MR) is 130 cm³/mol. The largest absolute Gasteiger partial charge is 0.465 e. The smallest absolute Gasteiger partial charge is 0.341 e. The van der Waals surface area contributed by atoms with Crippen LogP contribution in [0.25, 0.3) is 11.1 Å². The second-order valence-corrected chi connectivity index (χ2v) is 8.90. The van der Waals surface area contributed by atoms with Gasteiger partial charge >= 0.3 is 5.97 Å². The first-order valence-corrected chi connectivity index (χ1v) is 11.7. The number of nitrogens with one attached hydrogen (secondary N) is 1. The molecule has 3 heterocycles. The van der Waals surface area contributed by atoms with Crippen LogP contribution in [-0.2, 0) is 9.53 Å². The minimum Gasteiger partial charge on any atom is -0.465 e. The molecule has 3 aromatic rings. The van der Waals surface area contributed by atoms with Gasteiger partial charge in [0.2, 0.25) is 11.9 Å². The van der Waals surface area contributed by atoms with E-state index in [0.29, 0.717) is 16.5 Å². The van der Waals surface area contributed by atoms with Gasteiger partial charge in [0, 0.05) is 49.5 Å². The third kappa shape index (κ3) is 5.20. The molecule has 9 heteroatoms. The molecule has 4 rings (SSSR count). The van der Waals surface area contributed by atoms with Crippen molar-refractivity contribution in [3.05, 3.63) is 58.7 Å². The SMILES string of the molecule is COC(=O)c1c(-c2cc(C)ccc2C)csc1NC(=O)CN1CCN(c2ncccn2)CC1. The Hall–Kier alpha value is -3.30. The summed E-state index contributed by atoms with van der Waals surface area (Å²) >= 11 is 1.34. The lowest BCUT2D eigenvalue weighted by Crippen LogP contribution is -2.49. The molecule has 1 aromatic carbocycles. The molecule has 1 saturated heterocycles. The topological polar surface area (TPSA) is 87.7 Å². The number of carbonyl (C=O) groups is 2. The van der Waals surface area contributed by atoms with Crippen molar-refractivity contribution >= 4 is 34.2 Å². The Kier molecular flexibility index (Phi) is 7.00. The quantitative estimate of drug-likeness (QED) is 0.559. The van der Waals surface area contributed by atoms with Crippen molar-refractivity contribution in [2.45, 2.75) is 13.8 Å². The van der Waals surface area contributed by atoms with Gasteiger partial charge in [-0.3, -0.25) is 9.69 Å². The highest BCUT2D eigenvalue weighted by atomic mass is 32.1. The van der Waals surface area contributed by atoms with E-state index in [4.69, 9.17) is 4.74 Å². The van der Waals surface area contributed by atoms with Crippen molar-refractivity contribution in [2.75, 3.05) is 50.1 Å². The minimum atomic E-state index is -0.459. The fourth-order valence-electron chi connectivity index (χ4n) is 3.91. The van der Waals surface area contributed by atoms with Crippen molar-refractivity contribution in [1.29, 1.82) is 0 Å². The third-order valence-electron chi connectivity index (χ3n) is 5.69. The van der Waals surface area contributed by atoms with Gasteiger partial charge in [-0.25, -0.2) is 14.8 Å². The molecule has 1 aliphatic heterocycles. The summed E-state index contributed by atoms with van der Waals surface area (Å²) < 4.78 is 5.04. The number of ether oxygens (including phenoxy) is 1. The zero-order valence-electron chi connectivity index (χ0n) is 19.0. The second-order valence-electron chi connectivity index (χ2n) is 8.02. The maximum atomic E-state index is 12.8. The van der Waals surface area contributed by atoms with Crippen LogP contribution < -0.4 is 10.2 Å². The first kappa shape index (κ1) is 22.9. The van der Waals surface area contributed by atoms with Gasteiger partial charge in [0.1, 0.15) is 10.6 Å². The van der Waals surface area contributed by atoms with Gasteiger partial charge in [0.25, 0.3) is 0 Å². The van der Waals surface area contributed by atoms with E-state index in [1.807, 2.05) is 37.4 Å². The Morgan fingerprint density at radius 1 is 1.09 bits per heavy atom. The molecule has 0 atom stereocenters. The predicted octanol–water partition coefficient (Wildman–Crippen LogP) is 3.37. The minimum absolute atomic E-state index is 0.154. The Morgan fingerprint density at radius 3 is 2.52 bits per heavy atom. The Labute approximate surface area is 197 Å². The van der Waals surface area contributed by atoms with Crippen LogP contribution in [0.3, 0.4) is 0 Å². The number of hydrogen-bond donors (Lipinski definition) is 1. The summed E-state index contributed by atoms with van der Waals surface area (Å²) in [4.78, 5) is 38.2. The average Bonchev–Trinajstić information content (AvgIpc) is 3.24. The van der Waals surface area contributed by atoms with Crippen LogP contribution in [0.2, 0.25) is 0 Å². The lowest BCUT2D eigenvalue weighted by molar-refractivity contribution is -0.117. The molecule has 0 radical (unpaired) electrons. The molecule has 0 saturated carbocycles. The number of benzene rings is 1. The highest BCUT2D eigenvalue weighted by molar-refractivity contribution is 7.15. The number of aromatic nitrogens is 2. The summed E-state index contributed by atoms with van der Waals surface area (Å²) in [6.45, 7) is 7.23. The van der Waals surface area contributed by atoms with E-state index in [-0.39, 0.29) is 12.5 Å². The van der Waals surface area contributed by atoms with Crippen LogP contribution in [0.1, 0.15) is 21.5 Å². The molecule has 8 nitrogen and oxygen atoms in total. The van der Waals surface area contributed by atoms with Crippen molar-refractivity contribution in [3.63, 3.8) is 0 Å². The van der Waals surface area contributed by atoms with Gasteiger partial charge in [-0.15, -0.1) is 11.3 Å². The van der Waals surface area contributed by atoms with Crippen LogP contribution in [0.5, 0.6) is 0 Å². The highest BCUT2D eigenvalue weighted by Gasteiger charge is 2.25. The molecule has 33 heavy (non-hydrogen) atoms. The number of hydrogen-bond acceptors (Lipinski definition) is 8. The Balaban J connectivity index is 1.44. The molecule has 2 aromatic heterocycles. The van der Waals surface area contributed by atoms with Gasteiger partial charge < -0.3 is 15.0 Å². The number of carbonyl (C=O) groups excluding carboxylic acids is 2. The lowest BCUT2D eigenvalue weighted by Gasteiger charge is -2.34. The van der Waals surface area contributed by atoms with Crippen LogP contribution in [-0.4, -0.2) is 66.6 Å². The molecule has 172 valence electrons. The second kappa shape index (κ2) is 10.1. The molecular formula is C24H27N5O3S. The maximum Gasteiger partial charge on any atom is 0.341 e. The Morgan fingerprint density at radius 2 is 1.82 bits per heavy atom. The summed E-state index contributed by atoms with van der Waals surface area (Å²) in [5.41, 5.74) is 4.30. The van der Waals surface area contributed by atoms with Crippen molar-refractivity contribution in [1.82, 2.24) is 14.9 Å². The number of methoxy groups -OCH3 is 1.